The average molecular weight is 338 g/mol. The van der Waals surface area contributed by atoms with E-state index in [1.54, 1.807) is 0 Å². The van der Waals surface area contributed by atoms with Crippen molar-refractivity contribution in [3.63, 3.8) is 0 Å². The number of nitrogens with one attached hydrogen (secondary N) is 1. The van der Waals surface area contributed by atoms with E-state index in [0.29, 0.717) is 19.6 Å². The molecule has 0 aromatic heterocycles. The molecule has 1 aliphatic heterocycles. The van der Waals surface area contributed by atoms with Crippen LogP contribution < -0.4 is 5.32 Å². The Kier molecular flexibility index (Phi) is 5.14. The largest absolute Gasteiger partial charge is 0.380 e. The van der Waals surface area contributed by atoms with Gasteiger partial charge in [0.15, 0.2) is 5.54 Å². The second-order valence-corrected chi connectivity index (χ2v) is 6.02. The summed E-state index contributed by atoms with van der Waals surface area (Å²) >= 11 is 0. The smallest absolute Gasteiger partial charge is 0.325 e. The maximum absolute atomic E-state index is 13.2. The van der Waals surface area contributed by atoms with Gasteiger partial charge in [0, 0.05) is 13.0 Å². The van der Waals surface area contributed by atoms with Gasteiger partial charge in [0.05, 0.1) is 13.2 Å². The van der Waals surface area contributed by atoms with E-state index in [1.807, 2.05) is 67.6 Å². The number of urea groups is 1. The molecule has 0 radical (unpaired) electrons. The Morgan fingerprint density at radius 1 is 1.00 bits per heavy atom. The molecular formula is C20H22N2O3. The van der Waals surface area contributed by atoms with Crippen LogP contribution in [-0.4, -0.2) is 36.6 Å². The Bertz CT molecular complexity index is 733. The number of benzene rings is 2. The fraction of sp³-hybridized carbons (Fsp3) is 0.300. The summed E-state index contributed by atoms with van der Waals surface area (Å²) in [6.07, 6.45) is 0.410. The Labute approximate surface area is 147 Å². The van der Waals surface area contributed by atoms with Gasteiger partial charge in [-0.1, -0.05) is 60.7 Å². The highest BCUT2D eigenvalue weighted by molar-refractivity contribution is 6.07. The Morgan fingerprint density at radius 3 is 2.28 bits per heavy atom. The van der Waals surface area contributed by atoms with E-state index in [0.717, 1.165) is 11.1 Å². The molecule has 0 bridgehead atoms. The molecule has 0 saturated carbocycles. The third-order valence-corrected chi connectivity index (χ3v) is 4.42. The normalized spacial score (nSPS) is 20.0. The van der Waals surface area contributed by atoms with E-state index in [-0.39, 0.29) is 18.5 Å². The zero-order chi connectivity index (χ0) is 17.7. The lowest BCUT2D eigenvalue weighted by Gasteiger charge is -2.27. The minimum Gasteiger partial charge on any atom is -0.380 e. The molecule has 3 amide bonds. The molecule has 0 spiro atoms. The van der Waals surface area contributed by atoms with Crippen molar-refractivity contribution in [2.45, 2.75) is 18.9 Å². The molecule has 1 fully saturated rings. The summed E-state index contributed by atoms with van der Waals surface area (Å²) in [5, 5.41) is 2.94. The fourth-order valence-electron chi connectivity index (χ4n) is 3.17. The van der Waals surface area contributed by atoms with E-state index in [2.05, 4.69) is 5.32 Å². The lowest BCUT2D eigenvalue weighted by atomic mass is 9.83. The SMILES string of the molecule is CCOCCN1C(=O)NC(Cc2ccccc2)(c2ccccc2)C1=O. The number of hydrogen-bond acceptors (Lipinski definition) is 3. The van der Waals surface area contributed by atoms with Gasteiger partial charge in [0.25, 0.3) is 5.91 Å². The number of carbonyl (C=O) groups excluding carboxylic acids is 2. The van der Waals surface area contributed by atoms with Crippen LogP contribution in [0.4, 0.5) is 4.79 Å². The van der Waals surface area contributed by atoms with Gasteiger partial charge in [-0.25, -0.2) is 4.79 Å². The first-order chi connectivity index (χ1) is 12.2. The summed E-state index contributed by atoms with van der Waals surface area (Å²) in [4.78, 5) is 27.0. The van der Waals surface area contributed by atoms with Gasteiger partial charge in [-0.15, -0.1) is 0 Å². The minimum absolute atomic E-state index is 0.229. The highest BCUT2D eigenvalue weighted by atomic mass is 16.5. The number of ether oxygens (including phenoxy) is 1. The van der Waals surface area contributed by atoms with Gasteiger partial charge >= 0.3 is 6.03 Å². The van der Waals surface area contributed by atoms with Crippen LogP contribution in [0.15, 0.2) is 60.7 Å². The van der Waals surface area contributed by atoms with Gasteiger partial charge in [0.1, 0.15) is 0 Å². The molecule has 0 aliphatic carbocycles. The quantitative estimate of drug-likeness (QED) is 0.624. The van der Waals surface area contributed by atoms with Crippen LogP contribution in [0.25, 0.3) is 0 Å². The highest BCUT2D eigenvalue weighted by Crippen LogP contribution is 2.32. The molecule has 1 unspecified atom stereocenters. The zero-order valence-electron chi connectivity index (χ0n) is 14.3. The maximum Gasteiger partial charge on any atom is 0.325 e. The summed E-state index contributed by atoms with van der Waals surface area (Å²) in [6, 6.07) is 18.8. The lowest BCUT2D eigenvalue weighted by Crippen LogP contribution is -2.46. The van der Waals surface area contributed by atoms with Crippen LogP contribution in [0, 0.1) is 0 Å². The van der Waals surface area contributed by atoms with Crippen molar-refractivity contribution in [2.75, 3.05) is 19.8 Å². The van der Waals surface area contributed by atoms with Gasteiger partial charge in [-0.3, -0.25) is 9.69 Å². The Hall–Kier alpha value is -2.66. The third-order valence-electron chi connectivity index (χ3n) is 4.42. The first-order valence-electron chi connectivity index (χ1n) is 8.48. The summed E-state index contributed by atoms with van der Waals surface area (Å²) < 4.78 is 5.31. The van der Waals surface area contributed by atoms with E-state index in [1.165, 1.54) is 4.90 Å². The van der Waals surface area contributed by atoms with Crippen LogP contribution in [-0.2, 0) is 21.5 Å². The number of rotatable bonds is 7. The van der Waals surface area contributed by atoms with Crippen LogP contribution in [0.2, 0.25) is 0 Å². The summed E-state index contributed by atoms with van der Waals surface area (Å²) in [7, 11) is 0. The monoisotopic (exact) mass is 338 g/mol. The molecule has 1 saturated heterocycles. The number of amides is 3. The van der Waals surface area contributed by atoms with Gasteiger partial charge < -0.3 is 10.1 Å². The Morgan fingerprint density at radius 2 is 1.64 bits per heavy atom. The van der Waals surface area contributed by atoms with Crippen molar-refractivity contribution in [2.24, 2.45) is 0 Å². The zero-order valence-corrected chi connectivity index (χ0v) is 14.3. The topological polar surface area (TPSA) is 58.6 Å². The van der Waals surface area contributed by atoms with Gasteiger partial charge in [-0.2, -0.15) is 0 Å². The van der Waals surface area contributed by atoms with Crippen molar-refractivity contribution < 1.29 is 14.3 Å². The molecule has 1 atom stereocenters. The molecule has 25 heavy (non-hydrogen) atoms. The molecule has 1 aliphatic rings. The van der Waals surface area contributed by atoms with E-state index in [9.17, 15) is 9.59 Å². The first-order valence-corrected chi connectivity index (χ1v) is 8.48. The van der Waals surface area contributed by atoms with Crippen LogP contribution in [0.5, 0.6) is 0 Å². The summed E-state index contributed by atoms with van der Waals surface area (Å²) in [5.41, 5.74) is 0.703. The second-order valence-electron chi connectivity index (χ2n) is 6.02. The van der Waals surface area contributed by atoms with Crippen molar-refractivity contribution in [1.82, 2.24) is 10.2 Å². The molecule has 5 heteroatoms. The fourth-order valence-corrected chi connectivity index (χ4v) is 3.17. The van der Waals surface area contributed by atoms with Crippen LogP contribution in [0.1, 0.15) is 18.1 Å². The molecule has 130 valence electrons. The van der Waals surface area contributed by atoms with E-state index >= 15 is 0 Å². The minimum atomic E-state index is -1.08. The molecule has 2 aromatic carbocycles. The van der Waals surface area contributed by atoms with Crippen molar-refractivity contribution in [3.8, 4) is 0 Å². The highest BCUT2D eigenvalue weighted by Gasteiger charge is 2.52. The molecule has 1 heterocycles. The molecule has 3 rings (SSSR count). The average Bonchev–Trinajstić information content (AvgIpc) is 2.88. The summed E-state index contributed by atoms with van der Waals surface area (Å²) in [5.74, 6) is -0.229. The van der Waals surface area contributed by atoms with Crippen molar-refractivity contribution >= 4 is 11.9 Å². The number of nitrogens with zero attached hydrogens (tertiary/aromatic N) is 1. The predicted molar refractivity (Wildman–Crippen MR) is 95.0 cm³/mol. The maximum atomic E-state index is 13.2. The number of hydrogen-bond donors (Lipinski definition) is 1. The second kappa shape index (κ2) is 7.49. The third kappa shape index (κ3) is 3.42. The molecular weight excluding hydrogens is 316 g/mol. The molecule has 1 N–H and O–H groups in total. The van der Waals surface area contributed by atoms with E-state index in [4.69, 9.17) is 4.74 Å². The number of imide groups is 1. The van der Waals surface area contributed by atoms with Gasteiger partial charge in [0.2, 0.25) is 0 Å². The first kappa shape index (κ1) is 17.2. The van der Waals surface area contributed by atoms with Gasteiger partial charge in [-0.05, 0) is 18.1 Å². The van der Waals surface area contributed by atoms with Crippen LogP contribution in [0.3, 0.4) is 0 Å². The van der Waals surface area contributed by atoms with E-state index < -0.39 is 5.54 Å². The lowest BCUT2D eigenvalue weighted by molar-refractivity contribution is -0.132. The summed E-state index contributed by atoms with van der Waals surface area (Å²) in [6.45, 7) is 3.03. The van der Waals surface area contributed by atoms with Crippen LogP contribution >= 0.6 is 0 Å². The van der Waals surface area contributed by atoms with Crippen molar-refractivity contribution in [1.29, 1.82) is 0 Å². The molecule has 2 aromatic rings. The standard InChI is InChI=1S/C20H22N2O3/c1-2-25-14-13-22-18(23)20(21-19(22)24,17-11-7-4-8-12-17)15-16-9-5-3-6-10-16/h3-12H,2,13-15H2,1H3,(H,21,24). The Balaban J connectivity index is 1.95. The number of carbonyl (C=O) groups is 2. The van der Waals surface area contributed by atoms with Crippen molar-refractivity contribution in [3.05, 3.63) is 71.8 Å². The molecule has 5 nitrogen and oxygen atoms in total. The predicted octanol–water partition coefficient (Wildman–Crippen LogP) is 2.71.